The molecule has 4 saturated carbocycles. The molecular formula is C17H23NO3. The molecule has 0 spiro atoms. The Labute approximate surface area is 125 Å². The van der Waals surface area contributed by atoms with Gasteiger partial charge in [-0.05, 0) is 62.3 Å². The molecule has 0 atom stereocenters. The van der Waals surface area contributed by atoms with Gasteiger partial charge in [0.2, 0.25) is 5.76 Å². The zero-order valence-electron chi connectivity index (χ0n) is 12.6. The summed E-state index contributed by atoms with van der Waals surface area (Å²) in [7, 11) is 1.39. The van der Waals surface area contributed by atoms with Crippen molar-refractivity contribution < 1.29 is 13.9 Å². The molecule has 4 bridgehead atoms. The number of hydrogen-bond acceptors (Lipinski definition) is 4. The highest BCUT2D eigenvalue weighted by atomic mass is 16.5. The summed E-state index contributed by atoms with van der Waals surface area (Å²) in [5.41, 5.74) is 1.22. The number of furan rings is 1. The Morgan fingerprint density at radius 1 is 1.29 bits per heavy atom. The Bertz CT molecular complexity index is 513. The van der Waals surface area contributed by atoms with E-state index in [9.17, 15) is 4.79 Å². The van der Waals surface area contributed by atoms with E-state index in [-0.39, 0.29) is 5.97 Å². The summed E-state index contributed by atoms with van der Waals surface area (Å²) >= 11 is 0. The first-order valence-corrected chi connectivity index (χ1v) is 8.07. The molecule has 114 valence electrons. The predicted molar refractivity (Wildman–Crippen MR) is 77.8 cm³/mol. The van der Waals surface area contributed by atoms with E-state index >= 15 is 0 Å². The number of ether oxygens (including phenoxy) is 1. The normalized spacial score (nSPS) is 36.9. The third-order valence-electron chi connectivity index (χ3n) is 5.81. The topological polar surface area (TPSA) is 51.5 Å². The summed E-state index contributed by atoms with van der Waals surface area (Å²) in [4.78, 5) is 11.7. The van der Waals surface area contributed by atoms with Gasteiger partial charge in [-0.15, -0.1) is 0 Å². The molecule has 0 radical (unpaired) electrons. The summed E-state index contributed by atoms with van der Waals surface area (Å²) in [5, 5.41) is 3.78. The number of methoxy groups -OCH3 is 1. The van der Waals surface area contributed by atoms with Gasteiger partial charge in [-0.25, -0.2) is 4.79 Å². The first kappa shape index (κ1) is 13.4. The molecule has 4 fully saturated rings. The third-order valence-corrected chi connectivity index (χ3v) is 5.81. The van der Waals surface area contributed by atoms with Crippen molar-refractivity contribution >= 4 is 5.97 Å². The van der Waals surface area contributed by atoms with Crippen molar-refractivity contribution in [3.63, 3.8) is 0 Å². The van der Waals surface area contributed by atoms with Crippen molar-refractivity contribution in [3.05, 3.63) is 23.7 Å². The molecule has 0 aromatic carbocycles. The van der Waals surface area contributed by atoms with Gasteiger partial charge in [0.15, 0.2) is 0 Å². The van der Waals surface area contributed by atoms with Crippen LogP contribution in [0.3, 0.4) is 0 Å². The Hall–Kier alpha value is -1.29. The summed E-state index contributed by atoms with van der Waals surface area (Å²) in [6, 6.07) is 1.87. The molecule has 4 aliphatic carbocycles. The second-order valence-corrected chi connectivity index (χ2v) is 7.32. The molecule has 1 aromatic rings. The molecule has 21 heavy (non-hydrogen) atoms. The number of carbonyl (C=O) groups is 1. The lowest BCUT2D eigenvalue weighted by atomic mass is 9.53. The minimum Gasteiger partial charge on any atom is -0.463 e. The SMILES string of the molecule is COC(=O)c1occc1CNC12CC3CC(CC(C3)C1)C2. The molecule has 1 N–H and O–H groups in total. The maximum atomic E-state index is 11.7. The van der Waals surface area contributed by atoms with Gasteiger partial charge in [-0.3, -0.25) is 0 Å². The van der Waals surface area contributed by atoms with E-state index in [1.54, 1.807) is 6.26 Å². The molecular weight excluding hydrogens is 266 g/mol. The van der Waals surface area contributed by atoms with Crippen molar-refractivity contribution in [2.24, 2.45) is 17.8 Å². The second kappa shape index (κ2) is 4.87. The average Bonchev–Trinajstić information content (AvgIpc) is 2.91. The van der Waals surface area contributed by atoms with Gasteiger partial charge in [0, 0.05) is 17.6 Å². The Morgan fingerprint density at radius 2 is 1.90 bits per heavy atom. The molecule has 0 aliphatic heterocycles. The average molecular weight is 289 g/mol. The van der Waals surface area contributed by atoms with Crippen LogP contribution in [-0.2, 0) is 11.3 Å². The predicted octanol–water partition coefficient (Wildman–Crippen LogP) is 3.12. The summed E-state index contributed by atoms with van der Waals surface area (Å²) in [6.45, 7) is 0.701. The highest BCUT2D eigenvalue weighted by Gasteiger charge is 2.50. The van der Waals surface area contributed by atoms with Crippen LogP contribution in [-0.4, -0.2) is 18.6 Å². The molecule has 1 heterocycles. The fourth-order valence-electron chi connectivity index (χ4n) is 5.36. The van der Waals surface area contributed by atoms with Crippen molar-refractivity contribution in [1.82, 2.24) is 5.32 Å². The van der Waals surface area contributed by atoms with Gasteiger partial charge in [0.25, 0.3) is 0 Å². The Kier molecular flexibility index (Phi) is 3.10. The third kappa shape index (κ3) is 2.30. The molecule has 5 rings (SSSR count). The Morgan fingerprint density at radius 3 is 2.48 bits per heavy atom. The van der Waals surface area contributed by atoms with Gasteiger partial charge in [0.1, 0.15) is 0 Å². The number of hydrogen-bond donors (Lipinski definition) is 1. The molecule has 4 nitrogen and oxygen atoms in total. The minimum absolute atomic E-state index is 0.305. The molecule has 1 aromatic heterocycles. The number of carbonyl (C=O) groups excluding carboxylic acids is 1. The lowest BCUT2D eigenvalue weighted by molar-refractivity contribution is -0.0206. The first-order chi connectivity index (χ1) is 10.2. The van der Waals surface area contributed by atoms with Gasteiger partial charge in [-0.2, -0.15) is 0 Å². The standard InChI is InChI=1S/C17H23NO3/c1-20-16(19)15-14(2-3-21-15)10-18-17-7-11-4-12(8-17)6-13(5-11)9-17/h2-3,11-13,18H,4-10H2,1H3. The van der Waals surface area contributed by atoms with Crippen LogP contribution >= 0.6 is 0 Å². The van der Waals surface area contributed by atoms with Crippen LogP contribution in [0.2, 0.25) is 0 Å². The fourth-order valence-corrected chi connectivity index (χ4v) is 5.36. The van der Waals surface area contributed by atoms with Crippen LogP contribution in [0, 0.1) is 17.8 Å². The molecule has 4 aliphatic rings. The lowest BCUT2D eigenvalue weighted by Crippen LogP contribution is -2.58. The quantitative estimate of drug-likeness (QED) is 0.865. The maximum Gasteiger partial charge on any atom is 0.374 e. The lowest BCUT2D eigenvalue weighted by Gasteiger charge is -2.57. The van der Waals surface area contributed by atoms with E-state index in [1.807, 2.05) is 6.07 Å². The van der Waals surface area contributed by atoms with E-state index in [1.165, 1.54) is 45.6 Å². The maximum absolute atomic E-state index is 11.7. The molecule has 0 unspecified atom stereocenters. The number of rotatable bonds is 4. The highest BCUT2D eigenvalue weighted by Crippen LogP contribution is 2.55. The van der Waals surface area contributed by atoms with Crippen molar-refractivity contribution in [2.75, 3.05) is 7.11 Å². The minimum atomic E-state index is -0.387. The van der Waals surface area contributed by atoms with Crippen LogP contribution in [0.25, 0.3) is 0 Å². The second-order valence-electron chi connectivity index (χ2n) is 7.32. The van der Waals surface area contributed by atoms with E-state index in [0.29, 0.717) is 17.8 Å². The summed E-state index contributed by atoms with van der Waals surface area (Å²) < 4.78 is 10.0. The Balaban J connectivity index is 1.48. The zero-order valence-corrected chi connectivity index (χ0v) is 12.6. The molecule has 4 heteroatoms. The first-order valence-electron chi connectivity index (χ1n) is 8.07. The summed E-state index contributed by atoms with van der Waals surface area (Å²) in [6.07, 6.45) is 9.84. The van der Waals surface area contributed by atoms with Crippen LogP contribution < -0.4 is 5.32 Å². The van der Waals surface area contributed by atoms with Crippen molar-refractivity contribution in [3.8, 4) is 0 Å². The van der Waals surface area contributed by atoms with Gasteiger partial charge >= 0.3 is 5.97 Å². The zero-order chi connectivity index (χ0) is 14.4. The van der Waals surface area contributed by atoms with Crippen LogP contribution in [0.4, 0.5) is 0 Å². The van der Waals surface area contributed by atoms with Crippen molar-refractivity contribution in [1.29, 1.82) is 0 Å². The van der Waals surface area contributed by atoms with E-state index < -0.39 is 0 Å². The van der Waals surface area contributed by atoms with E-state index in [2.05, 4.69) is 5.32 Å². The fraction of sp³-hybridized carbons (Fsp3) is 0.706. The van der Waals surface area contributed by atoms with Gasteiger partial charge < -0.3 is 14.5 Å². The van der Waals surface area contributed by atoms with E-state index in [0.717, 1.165) is 23.3 Å². The van der Waals surface area contributed by atoms with Gasteiger partial charge in [-0.1, -0.05) is 0 Å². The van der Waals surface area contributed by atoms with Crippen LogP contribution in [0.5, 0.6) is 0 Å². The smallest absolute Gasteiger partial charge is 0.374 e. The monoisotopic (exact) mass is 289 g/mol. The molecule has 0 saturated heterocycles. The van der Waals surface area contributed by atoms with Gasteiger partial charge in [0.05, 0.1) is 13.4 Å². The van der Waals surface area contributed by atoms with Crippen LogP contribution in [0.15, 0.2) is 16.7 Å². The number of esters is 1. The van der Waals surface area contributed by atoms with Crippen LogP contribution in [0.1, 0.15) is 54.6 Å². The largest absolute Gasteiger partial charge is 0.463 e. The number of nitrogens with one attached hydrogen (secondary N) is 1. The van der Waals surface area contributed by atoms with Crippen molar-refractivity contribution in [2.45, 2.75) is 50.6 Å². The van der Waals surface area contributed by atoms with E-state index in [4.69, 9.17) is 9.15 Å². The summed E-state index contributed by atoms with van der Waals surface area (Å²) in [5.74, 6) is 2.73. The highest BCUT2D eigenvalue weighted by molar-refractivity contribution is 5.87. The molecule has 0 amide bonds.